The monoisotopic (exact) mass is 643 g/mol. The summed E-state index contributed by atoms with van der Waals surface area (Å²) in [5.74, 6) is -0.473. The molecule has 5 rings (SSSR count). The number of para-hydroxylation sites is 1. The SMILES string of the molecule is CCn1c2ccccc2c2cc(NC(=O)CN(Cc3ccc(Cl)cc3Cl)S(=O)(=O)c3ccc(Br)cc3)ccc21. The molecule has 10 heteroatoms. The summed E-state index contributed by atoms with van der Waals surface area (Å²) in [5.41, 5.74) is 3.29. The smallest absolute Gasteiger partial charge is 0.243 e. The number of hydrogen-bond acceptors (Lipinski definition) is 3. The minimum Gasteiger partial charge on any atom is -0.341 e. The number of aryl methyl sites for hydroxylation is 1. The molecule has 0 saturated carbocycles. The van der Waals surface area contributed by atoms with Gasteiger partial charge in [-0.1, -0.05) is 63.4 Å². The van der Waals surface area contributed by atoms with Gasteiger partial charge in [-0.2, -0.15) is 4.31 Å². The standard InChI is InChI=1S/C29H24BrCl2N3O3S/c1-2-35-27-6-4-3-5-24(27)25-16-22(11-14-28(25)35)33-29(36)18-34(17-19-7-10-21(31)15-26(19)32)39(37,38)23-12-8-20(30)9-13-23/h3-16H,2,17-18H2,1H3,(H,33,36). The van der Waals surface area contributed by atoms with Gasteiger partial charge in [-0.25, -0.2) is 8.42 Å². The molecule has 6 nitrogen and oxygen atoms in total. The number of carbonyl (C=O) groups is 1. The number of carbonyl (C=O) groups excluding carboxylic acids is 1. The zero-order valence-corrected chi connectivity index (χ0v) is 24.8. The van der Waals surface area contributed by atoms with E-state index in [0.29, 0.717) is 21.3 Å². The number of anilines is 1. The highest BCUT2D eigenvalue weighted by Crippen LogP contribution is 2.31. The average molecular weight is 645 g/mol. The average Bonchev–Trinajstić information content (AvgIpc) is 3.23. The number of nitrogens with zero attached hydrogens (tertiary/aromatic N) is 2. The van der Waals surface area contributed by atoms with Crippen molar-refractivity contribution in [2.45, 2.75) is 24.9 Å². The van der Waals surface area contributed by atoms with Gasteiger partial charge < -0.3 is 9.88 Å². The number of amides is 1. The molecule has 0 saturated heterocycles. The zero-order chi connectivity index (χ0) is 27.7. The van der Waals surface area contributed by atoms with Crippen LogP contribution in [0.5, 0.6) is 0 Å². The highest BCUT2D eigenvalue weighted by molar-refractivity contribution is 9.10. The van der Waals surface area contributed by atoms with Gasteiger partial charge in [0.15, 0.2) is 0 Å². The molecule has 0 bridgehead atoms. The molecule has 0 fully saturated rings. The molecule has 1 aromatic heterocycles. The van der Waals surface area contributed by atoms with E-state index < -0.39 is 22.5 Å². The molecular formula is C29H24BrCl2N3O3S. The Hall–Kier alpha value is -2.88. The van der Waals surface area contributed by atoms with E-state index in [2.05, 4.69) is 44.9 Å². The second-order valence-corrected chi connectivity index (χ2v) is 12.7. The Bertz CT molecular complexity index is 1800. The van der Waals surface area contributed by atoms with Crippen molar-refractivity contribution in [3.8, 4) is 0 Å². The Labute approximate surface area is 245 Å². The number of rotatable bonds is 8. The molecule has 0 spiro atoms. The number of halogens is 3. The second kappa shape index (κ2) is 11.3. The molecule has 0 aliphatic carbocycles. The van der Waals surface area contributed by atoms with Crippen molar-refractivity contribution >= 4 is 82.6 Å². The van der Waals surface area contributed by atoms with Gasteiger partial charge in [0.05, 0.1) is 11.4 Å². The van der Waals surface area contributed by atoms with Crippen molar-refractivity contribution in [3.05, 3.63) is 105 Å². The fraction of sp³-hybridized carbons (Fsp3) is 0.138. The van der Waals surface area contributed by atoms with Crippen molar-refractivity contribution in [2.75, 3.05) is 11.9 Å². The zero-order valence-electron chi connectivity index (χ0n) is 20.9. The van der Waals surface area contributed by atoms with Crippen LogP contribution < -0.4 is 5.32 Å². The molecule has 0 unspecified atom stereocenters. The van der Waals surface area contributed by atoms with Crippen molar-refractivity contribution in [2.24, 2.45) is 0 Å². The summed E-state index contributed by atoms with van der Waals surface area (Å²) >= 11 is 15.7. The van der Waals surface area contributed by atoms with Gasteiger partial charge >= 0.3 is 0 Å². The summed E-state index contributed by atoms with van der Waals surface area (Å²) in [5, 5.41) is 5.73. The molecule has 5 aromatic rings. The maximum Gasteiger partial charge on any atom is 0.243 e. The summed E-state index contributed by atoms with van der Waals surface area (Å²) in [6.45, 7) is 2.39. The number of benzene rings is 4. The number of hydrogen-bond donors (Lipinski definition) is 1. The number of aromatic nitrogens is 1. The summed E-state index contributed by atoms with van der Waals surface area (Å²) in [6.07, 6.45) is 0. The number of nitrogens with one attached hydrogen (secondary N) is 1. The molecule has 200 valence electrons. The summed E-state index contributed by atoms with van der Waals surface area (Å²) in [7, 11) is -4.04. The van der Waals surface area contributed by atoms with Crippen LogP contribution in [0.2, 0.25) is 10.0 Å². The molecule has 1 amide bonds. The van der Waals surface area contributed by atoms with E-state index in [-0.39, 0.29) is 11.4 Å². The summed E-state index contributed by atoms with van der Waals surface area (Å²) in [6, 6.07) is 24.9. The van der Waals surface area contributed by atoms with Crippen molar-refractivity contribution in [1.82, 2.24) is 8.87 Å². The van der Waals surface area contributed by atoms with Crippen LogP contribution in [0.1, 0.15) is 12.5 Å². The Morgan fingerprint density at radius 3 is 2.36 bits per heavy atom. The van der Waals surface area contributed by atoms with E-state index >= 15 is 0 Å². The first-order valence-electron chi connectivity index (χ1n) is 12.2. The lowest BCUT2D eigenvalue weighted by Gasteiger charge is -2.22. The predicted molar refractivity (Wildman–Crippen MR) is 162 cm³/mol. The van der Waals surface area contributed by atoms with Crippen LogP contribution >= 0.6 is 39.1 Å². The van der Waals surface area contributed by atoms with Gasteiger partial charge in [0.2, 0.25) is 15.9 Å². The highest BCUT2D eigenvalue weighted by Gasteiger charge is 2.28. The Morgan fingerprint density at radius 2 is 1.64 bits per heavy atom. The molecular weight excluding hydrogens is 621 g/mol. The van der Waals surface area contributed by atoms with Gasteiger partial charge in [0.25, 0.3) is 0 Å². The van der Waals surface area contributed by atoms with Crippen LogP contribution in [0.3, 0.4) is 0 Å². The number of sulfonamides is 1. The first-order chi connectivity index (χ1) is 18.7. The van der Waals surface area contributed by atoms with Crippen LogP contribution in [0.25, 0.3) is 21.8 Å². The lowest BCUT2D eigenvalue weighted by atomic mass is 10.1. The van der Waals surface area contributed by atoms with E-state index in [1.807, 2.05) is 30.3 Å². The minimum absolute atomic E-state index is 0.0670. The van der Waals surface area contributed by atoms with E-state index in [9.17, 15) is 13.2 Å². The van der Waals surface area contributed by atoms with Crippen molar-refractivity contribution in [1.29, 1.82) is 0 Å². The van der Waals surface area contributed by atoms with Crippen LogP contribution in [-0.4, -0.2) is 29.7 Å². The van der Waals surface area contributed by atoms with E-state index in [0.717, 1.165) is 37.1 Å². The highest BCUT2D eigenvalue weighted by atomic mass is 79.9. The Kier molecular flexibility index (Phi) is 8.03. The van der Waals surface area contributed by atoms with Gasteiger partial charge in [0.1, 0.15) is 0 Å². The molecule has 0 radical (unpaired) electrons. The number of fused-ring (bicyclic) bond motifs is 3. The predicted octanol–water partition coefficient (Wildman–Crippen LogP) is 7.71. The third-order valence-corrected chi connectivity index (χ3v) is 9.43. The second-order valence-electron chi connectivity index (χ2n) is 9.00. The molecule has 0 aliphatic rings. The molecule has 0 atom stereocenters. The van der Waals surface area contributed by atoms with Crippen LogP contribution in [-0.2, 0) is 27.9 Å². The molecule has 1 N–H and O–H groups in total. The van der Waals surface area contributed by atoms with Crippen LogP contribution in [0.4, 0.5) is 5.69 Å². The molecule has 39 heavy (non-hydrogen) atoms. The van der Waals surface area contributed by atoms with Crippen molar-refractivity contribution < 1.29 is 13.2 Å². The topological polar surface area (TPSA) is 71.4 Å². The lowest BCUT2D eigenvalue weighted by molar-refractivity contribution is -0.116. The maximum absolute atomic E-state index is 13.6. The quantitative estimate of drug-likeness (QED) is 0.188. The van der Waals surface area contributed by atoms with E-state index in [4.69, 9.17) is 23.2 Å². The maximum atomic E-state index is 13.6. The van der Waals surface area contributed by atoms with Crippen LogP contribution in [0.15, 0.2) is 94.3 Å². The molecule has 0 aliphatic heterocycles. The van der Waals surface area contributed by atoms with E-state index in [1.54, 1.807) is 30.3 Å². The third kappa shape index (κ3) is 5.71. The van der Waals surface area contributed by atoms with Gasteiger partial charge in [-0.15, -0.1) is 0 Å². The largest absolute Gasteiger partial charge is 0.341 e. The fourth-order valence-electron chi connectivity index (χ4n) is 4.65. The normalized spacial score (nSPS) is 11.9. The molecule has 4 aromatic carbocycles. The third-order valence-electron chi connectivity index (χ3n) is 6.51. The first-order valence-corrected chi connectivity index (χ1v) is 15.2. The molecule has 1 heterocycles. The van der Waals surface area contributed by atoms with E-state index in [1.165, 1.54) is 12.1 Å². The first kappa shape index (κ1) is 27.7. The summed E-state index contributed by atoms with van der Waals surface area (Å²) < 4.78 is 31.3. The van der Waals surface area contributed by atoms with Gasteiger partial charge in [0, 0.05) is 55.1 Å². The Balaban J connectivity index is 1.46. The van der Waals surface area contributed by atoms with Crippen LogP contribution in [0, 0.1) is 0 Å². The fourth-order valence-corrected chi connectivity index (χ4v) is 6.76. The minimum atomic E-state index is -4.04. The lowest BCUT2D eigenvalue weighted by Crippen LogP contribution is -2.37. The summed E-state index contributed by atoms with van der Waals surface area (Å²) in [4.78, 5) is 13.3. The van der Waals surface area contributed by atoms with Gasteiger partial charge in [-0.3, -0.25) is 4.79 Å². The van der Waals surface area contributed by atoms with Crippen molar-refractivity contribution in [3.63, 3.8) is 0 Å². The Morgan fingerprint density at radius 1 is 0.923 bits per heavy atom. The van der Waals surface area contributed by atoms with Gasteiger partial charge in [-0.05, 0) is 73.2 Å².